The molecule has 3 amide bonds. The van der Waals surface area contributed by atoms with Crippen LogP contribution in [0.1, 0.15) is 79.8 Å². The van der Waals surface area contributed by atoms with Crippen LogP contribution in [0.2, 0.25) is 0 Å². The second-order valence-electron chi connectivity index (χ2n) is 12.7. The summed E-state index contributed by atoms with van der Waals surface area (Å²) in [5.74, 6) is 0.721. The number of rotatable bonds is 5. The minimum atomic E-state index is -0.555. The molecule has 222 valence electrons. The molecule has 2 atom stereocenters. The quantitative estimate of drug-likeness (QED) is 0.480. The summed E-state index contributed by atoms with van der Waals surface area (Å²) in [6, 6.07) is 5.50. The maximum Gasteiger partial charge on any atom is 0.410 e. The number of carbonyl (C=O) groups is 3. The van der Waals surface area contributed by atoms with Crippen molar-refractivity contribution in [1.82, 2.24) is 34.2 Å². The maximum atomic E-state index is 13.3. The fourth-order valence-corrected chi connectivity index (χ4v) is 6.33. The number of nitrogens with zero attached hydrogens (tertiary/aromatic N) is 7. The highest BCUT2D eigenvalue weighted by molar-refractivity contribution is 5.98. The molecule has 3 aromatic rings. The number of aromatic nitrogens is 4. The molecule has 2 bridgehead atoms. The number of hydrogen-bond acceptors (Lipinski definition) is 8. The van der Waals surface area contributed by atoms with E-state index in [2.05, 4.69) is 19.9 Å². The molecule has 3 aromatic heterocycles. The molecule has 2 aliphatic heterocycles. The third-order valence-electron chi connectivity index (χ3n) is 8.27. The van der Waals surface area contributed by atoms with E-state index >= 15 is 0 Å². The first kappa shape index (κ1) is 27.9. The van der Waals surface area contributed by atoms with E-state index in [1.54, 1.807) is 48.4 Å². The van der Waals surface area contributed by atoms with Gasteiger partial charge in [-0.2, -0.15) is 4.98 Å². The molecule has 1 aliphatic carbocycles. The van der Waals surface area contributed by atoms with E-state index in [4.69, 9.17) is 9.72 Å². The van der Waals surface area contributed by atoms with Crippen LogP contribution in [-0.2, 0) is 4.74 Å². The Labute approximate surface area is 245 Å². The molecule has 3 aliphatic rings. The number of hydrogen-bond donors (Lipinski definition) is 1. The zero-order valence-corrected chi connectivity index (χ0v) is 24.8. The Bertz CT molecular complexity index is 1520. The van der Waals surface area contributed by atoms with Gasteiger partial charge >= 0.3 is 6.09 Å². The molecule has 3 fully saturated rings. The van der Waals surface area contributed by atoms with Crippen molar-refractivity contribution in [3.8, 4) is 0 Å². The van der Waals surface area contributed by atoms with Gasteiger partial charge in [-0.3, -0.25) is 9.59 Å². The Balaban J connectivity index is 1.15. The zero-order valence-electron chi connectivity index (χ0n) is 24.8. The van der Waals surface area contributed by atoms with E-state index in [0.717, 1.165) is 43.1 Å². The van der Waals surface area contributed by atoms with Crippen molar-refractivity contribution in [1.29, 1.82) is 0 Å². The number of pyridine rings is 1. The van der Waals surface area contributed by atoms with Gasteiger partial charge in [-0.1, -0.05) is 12.8 Å². The van der Waals surface area contributed by atoms with Crippen molar-refractivity contribution in [3.63, 3.8) is 0 Å². The first-order valence-electron chi connectivity index (χ1n) is 14.6. The normalized spacial score (nSPS) is 20.4. The average molecular weight is 575 g/mol. The van der Waals surface area contributed by atoms with Crippen LogP contribution in [0.15, 0.2) is 30.6 Å². The molecular formula is C30H38N8O4. The predicted octanol–water partition coefficient (Wildman–Crippen LogP) is 4.22. The van der Waals surface area contributed by atoms with Crippen LogP contribution in [-0.4, -0.2) is 97.0 Å². The van der Waals surface area contributed by atoms with Gasteiger partial charge in [0.1, 0.15) is 22.8 Å². The smallest absolute Gasteiger partial charge is 0.410 e. The van der Waals surface area contributed by atoms with Crippen LogP contribution in [0.4, 0.5) is 16.6 Å². The third kappa shape index (κ3) is 5.25. The van der Waals surface area contributed by atoms with Gasteiger partial charge in [-0.25, -0.2) is 14.8 Å². The molecule has 0 spiro atoms. The first-order chi connectivity index (χ1) is 20.0. The molecule has 12 nitrogen and oxygen atoms in total. The lowest BCUT2D eigenvalue weighted by atomic mass is 10.2. The Morgan fingerprint density at radius 2 is 1.69 bits per heavy atom. The van der Waals surface area contributed by atoms with E-state index in [0.29, 0.717) is 36.1 Å². The van der Waals surface area contributed by atoms with Crippen molar-refractivity contribution in [3.05, 3.63) is 41.9 Å². The number of carbonyl (C=O) groups excluding carboxylic acids is 3. The molecule has 0 radical (unpaired) electrons. The van der Waals surface area contributed by atoms with E-state index in [-0.39, 0.29) is 36.0 Å². The highest BCUT2D eigenvalue weighted by atomic mass is 16.6. The number of amides is 3. The molecule has 2 saturated heterocycles. The summed E-state index contributed by atoms with van der Waals surface area (Å²) < 4.78 is 7.60. The third-order valence-corrected chi connectivity index (χ3v) is 8.27. The molecule has 0 unspecified atom stereocenters. The highest BCUT2D eigenvalue weighted by Gasteiger charge is 2.48. The van der Waals surface area contributed by atoms with Crippen LogP contribution in [0.25, 0.3) is 11.0 Å². The second-order valence-corrected chi connectivity index (χ2v) is 12.7. The molecule has 12 heteroatoms. The van der Waals surface area contributed by atoms with Crippen molar-refractivity contribution in [2.45, 2.75) is 76.6 Å². The van der Waals surface area contributed by atoms with E-state index in [9.17, 15) is 14.4 Å². The molecule has 1 N–H and O–H groups in total. The van der Waals surface area contributed by atoms with Crippen LogP contribution < -0.4 is 5.32 Å². The molecular weight excluding hydrogens is 536 g/mol. The van der Waals surface area contributed by atoms with Gasteiger partial charge in [0.25, 0.3) is 11.8 Å². The fourth-order valence-electron chi connectivity index (χ4n) is 6.33. The summed E-state index contributed by atoms with van der Waals surface area (Å²) in [7, 11) is 3.51. The van der Waals surface area contributed by atoms with Crippen LogP contribution in [0, 0.1) is 0 Å². The topological polar surface area (TPSA) is 126 Å². The number of nitrogens with one attached hydrogen (secondary N) is 1. The predicted molar refractivity (Wildman–Crippen MR) is 157 cm³/mol. The van der Waals surface area contributed by atoms with Gasteiger partial charge in [-0.15, -0.1) is 0 Å². The van der Waals surface area contributed by atoms with Crippen LogP contribution in [0.3, 0.4) is 0 Å². The number of likely N-dealkylation sites (tertiary alicyclic amines) is 2. The Morgan fingerprint density at radius 3 is 2.31 bits per heavy atom. The van der Waals surface area contributed by atoms with Crippen molar-refractivity contribution in [2.75, 3.05) is 32.5 Å². The average Bonchev–Trinajstić information content (AvgIpc) is 3.74. The number of anilines is 2. The summed E-state index contributed by atoms with van der Waals surface area (Å²) in [6.07, 6.45) is 7.99. The lowest BCUT2D eigenvalue weighted by Crippen LogP contribution is -2.51. The van der Waals surface area contributed by atoms with Gasteiger partial charge < -0.3 is 29.3 Å². The van der Waals surface area contributed by atoms with Gasteiger partial charge in [0, 0.05) is 51.0 Å². The van der Waals surface area contributed by atoms with Gasteiger partial charge in [0.05, 0.1) is 17.6 Å². The lowest BCUT2D eigenvalue weighted by molar-refractivity contribution is 0.0126. The van der Waals surface area contributed by atoms with Crippen LogP contribution >= 0.6 is 0 Å². The summed E-state index contributed by atoms with van der Waals surface area (Å²) >= 11 is 0. The minimum Gasteiger partial charge on any atom is -0.444 e. The SMILES string of the molecule is CN(C)C(=O)c1cc2cnc(Nc3ccc(C(=O)N4C[C@H]5C[C@@H]4CN5C(=O)OC(C)(C)C)cn3)nc2n1C1CCCC1. The highest BCUT2D eigenvalue weighted by Crippen LogP contribution is 2.35. The monoisotopic (exact) mass is 574 g/mol. The van der Waals surface area contributed by atoms with Crippen molar-refractivity contribution in [2.24, 2.45) is 0 Å². The van der Waals surface area contributed by atoms with E-state index in [1.807, 2.05) is 31.7 Å². The van der Waals surface area contributed by atoms with Gasteiger partial charge in [0.2, 0.25) is 5.95 Å². The second kappa shape index (κ2) is 10.6. The first-order valence-corrected chi connectivity index (χ1v) is 14.6. The number of ether oxygens (including phenoxy) is 1. The largest absolute Gasteiger partial charge is 0.444 e. The number of fused-ring (bicyclic) bond motifs is 3. The fraction of sp³-hybridized carbons (Fsp3) is 0.533. The van der Waals surface area contributed by atoms with Crippen LogP contribution in [0.5, 0.6) is 0 Å². The summed E-state index contributed by atoms with van der Waals surface area (Å²) in [6.45, 7) is 6.51. The molecule has 1 saturated carbocycles. The summed E-state index contributed by atoms with van der Waals surface area (Å²) in [5, 5.41) is 3.97. The summed E-state index contributed by atoms with van der Waals surface area (Å²) in [5.41, 5.74) is 1.27. The molecule has 0 aromatic carbocycles. The molecule has 6 rings (SSSR count). The van der Waals surface area contributed by atoms with Gasteiger partial charge in [-0.05, 0) is 58.2 Å². The maximum absolute atomic E-state index is 13.3. The van der Waals surface area contributed by atoms with Crippen molar-refractivity contribution < 1.29 is 19.1 Å². The summed E-state index contributed by atoms with van der Waals surface area (Å²) in [4.78, 5) is 57.7. The van der Waals surface area contributed by atoms with E-state index in [1.165, 1.54) is 0 Å². The Morgan fingerprint density at radius 1 is 0.976 bits per heavy atom. The lowest BCUT2D eigenvalue weighted by Gasteiger charge is -2.35. The Kier molecular flexibility index (Phi) is 7.02. The minimum absolute atomic E-state index is 0.0340. The number of piperazine rings is 1. The van der Waals surface area contributed by atoms with Gasteiger partial charge in [0.15, 0.2) is 0 Å². The standard InChI is InChI=1S/C30H38N8O4/c1-30(2,3)42-29(41)37-17-21-13-22(37)16-36(21)26(39)18-10-11-24(31-14-18)33-28-32-15-19-12-23(27(40)35(4)5)38(25(19)34-28)20-8-6-7-9-20/h10-12,14-15,20-22H,6-9,13,16-17H2,1-5H3,(H,31,32,33,34)/t21-,22-/m1/s1. The van der Waals surface area contributed by atoms with E-state index < -0.39 is 5.60 Å². The van der Waals surface area contributed by atoms with Crippen molar-refractivity contribution >= 4 is 40.7 Å². The molecule has 5 heterocycles. The molecule has 42 heavy (non-hydrogen) atoms. The zero-order chi connectivity index (χ0) is 29.8. The Hall–Kier alpha value is -4.22.